The van der Waals surface area contributed by atoms with Crippen LogP contribution in [-0.4, -0.2) is 30.7 Å². The molecule has 110 valence electrons. The Kier molecular flexibility index (Phi) is 5.45. The van der Waals surface area contributed by atoms with Gasteiger partial charge in [0.15, 0.2) is 0 Å². The van der Waals surface area contributed by atoms with Gasteiger partial charge in [0.05, 0.1) is 6.61 Å². The highest BCUT2D eigenvalue weighted by Gasteiger charge is 2.23. The molecule has 0 saturated carbocycles. The Morgan fingerprint density at radius 3 is 2.50 bits per heavy atom. The van der Waals surface area contributed by atoms with Gasteiger partial charge in [-0.15, -0.1) is 0 Å². The number of carbonyl (C=O) groups is 1. The molecule has 1 saturated heterocycles. The standard InChI is InChI=1S/C17H25NO2/c1-3-20-17(19)18-12-10-16(11-13-18)9-8-15-6-4-14(2)5-7-15/h4-7,16H,3,8-13H2,1-2H3. The van der Waals surface area contributed by atoms with Gasteiger partial charge in [0.1, 0.15) is 0 Å². The number of ether oxygens (including phenoxy) is 1. The zero-order valence-electron chi connectivity index (χ0n) is 12.6. The highest BCUT2D eigenvalue weighted by Crippen LogP contribution is 2.23. The molecular weight excluding hydrogens is 250 g/mol. The number of benzene rings is 1. The molecule has 1 aromatic rings. The van der Waals surface area contributed by atoms with Crippen LogP contribution < -0.4 is 0 Å². The van der Waals surface area contributed by atoms with Crippen molar-refractivity contribution < 1.29 is 9.53 Å². The van der Waals surface area contributed by atoms with Crippen molar-refractivity contribution in [3.8, 4) is 0 Å². The fourth-order valence-corrected chi connectivity index (χ4v) is 2.74. The molecule has 1 heterocycles. The van der Waals surface area contributed by atoms with Crippen LogP contribution in [0.1, 0.15) is 37.3 Å². The summed E-state index contributed by atoms with van der Waals surface area (Å²) < 4.78 is 5.04. The van der Waals surface area contributed by atoms with Gasteiger partial charge in [-0.25, -0.2) is 4.79 Å². The lowest BCUT2D eigenvalue weighted by Crippen LogP contribution is -2.38. The zero-order valence-corrected chi connectivity index (χ0v) is 12.6. The Morgan fingerprint density at radius 1 is 1.25 bits per heavy atom. The molecule has 0 aliphatic carbocycles. The maximum atomic E-state index is 11.6. The minimum absolute atomic E-state index is 0.149. The third kappa shape index (κ3) is 4.26. The van der Waals surface area contributed by atoms with E-state index in [-0.39, 0.29) is 6.09 Å². The average Bonchev–Trinajstić information content (AvgIpc) is 2.47. The summed E-state index contributed by atoms with van der Waals surface area (Å²) >= 11 is 0. The molecule has 0 radical (unpaired) electrons. The van der Waals surface area contributed by atoms with Crippen LogP contribution in [0.5, 0.6) is 0 Å². The lowest BCUT2D eigenvalue weighted by molar-refractivity contribution is 0.0910. The first-order valence-corrected chi connectivity index (χ1v) is 7.66. The van der Waals surface area contributed by atoms with Gasteiger partial charge in [-0.2, -0.15) is 0 Å². The molecule has 3 nitrogen and oxygen atoms in total. The second kappa shape index (κ2) is 7.32. The van der Waals surface area contributed by atoms with E-state index in [1.807, 2.05) is 11.8 Å². The highest BCUT2D eigenvalue weighted by molar-refractivity contribution is 5.67. The fourth-order valence-electron chi connectivity index (χ4n) is 2.74. The third-order valence-corrected chi connectivity index (χ3v) is 4.10. The SMILES string of the molecule is CCOC(=O)N1CCC(CCc2ccc(C)cc2)CC1. The molecule has 1 aromatic carbocycles. The summed E-state index contributed by atoms with van der Waals surface area (Å²) in [7, 11) is 0. The van der Waals surface area contributed by atoms with Crippen molar-refractivity contribution in [2.75, 3.05) is 19.7 Å². The minimum Gasteiger partial charge on any atom is -0.450 e. The summed E-state index contributed by atoms with van der Waals surface area (Å²) in [6.45, 7) is 6.13. The largest absolute Gasteiger partial charge is 0.450 e. The minimum atomic E-state index is -0.149. The van der Waals surface area contributed by atoms with Crippen LogP contribution in [0.25, 0.3) is 0 Å². The van der Waals surface area contributed by atoms with Crippen molar-refractivity contribution >= 4 is 6.09 Å². The second-order valence-electron chi connectivity index (χ2n) is 5.65. The van der Waals surface area contributed by atoms with Crippen molar-refractivity contribution in [2.24, 2.45) is 5.92 Å². The summed E-state index contributed by atoms with van der Waals surface area (Å²) in [6.07, 6.45) is 4.42. The van der Waals surface area contributed by atoms with Gasteiger partial charge in [0.2, 0.25) is 0 Å². The molecule has 0 unspecified atom stereocenters. The van der Waals surface area contributed by atoms with Crippen LogP contribution in [0.3, 0.4) is 0 Å². The van der Waals surface area contributed by atoms with E-state index in [2.05, 4.69) is 31.2 Å². The van der Waals surface area contributed by atoms with Crippen molar-refractivity contribution in [1.29, 1.82) is 0 Å². The van der Waals surface area contributed by atoms with Crippen molar-refractivity contribution in [3.63, 3.8) is 0 Å². The van der Waals surface area contributed by atoms with E-state index >= 15 is 0 Å². The highest BCUT2D eigenvalue weighted by atomic mass is 16.6. The average molecular weight is 275 g/mol. The van der Waals surface area contributed by atoms with Crippen LogP contribution in [0.4, 0.5) is 4.79 Å². The molecule has 3 heteroatoms. The number of likely N-dealkylation sites (tertiary alicyclic amines) is 1. The van der Waals surface area contributed by atoms with Gasteiger partial charge >= 0.3 is 6.09 Å². The van der Waals surface area contributed by atoms with Crippen LogP contribution in [0.2, 0.25) is 0 Å². The molecule has 20 heavy (non-hydrogen) atoms. The Balaban J connectivity index is 1.72. The summed E-state index contributed by atoms with van der Waals surface area (Å²) in [6, 6.07) is 8.81. The molecule has 0 bridgehead atoms. The quantitative estimate of drug-likeness (QED) is 0.836. The molecule has 1 fully saturated rings. The number of piperidine rings is 1. The first kappa shape index (κ1) is 14.9. The molecular formula is C17H25NO2. The maximum Gasteiger partial charge on any atom is 0.409 e. The maximum absolute atomic E-state index is 11.6. The Morgan fingerprint density at radius 2 is 1.90 bits per heavy atom. The van der Waals surface area contributed by atoms with Gasteiger partial charge in [0, 0.05) is 13.1 Å². The lowest BCUT2D eigenvalue weighted by atomic mass is 9.90. The van der Waals surface area contributed by atoms with Crippen LogP contribution in [0.15, 0.2) is 24.3 Å². The first-order chi connectivity index (χ1) is 9.69. The van der Waals surface area contributed by atoms with Crippen molar-refractivity contribution in [1.82, 2.24) is 4.90 Å². The third-order valence-electron chi connectivity index (χ3n) is 4.10. The first-order valence-electron chi connectivity index (χ1n) is 7.66. The molecule has 1 aliphatic heterocycles. The van der Waals surface area contributed by atoms with E-state index in [4.69, 9.17) is 4.74 Å². The smallest absolute Gasteiger partial charge is 0.409 e. The Hall–Kier alpha value is -1.51. The summed E-state index contributed by atoms with van der Waals surface area (Å²) in [5.41, 5.74) is 2.74. The van der Waals surface area contributed by atoms with Gasteiger partial charge in [0.25, 0.3) is 0 Å². The monoisotopic (exact) mass is 275 g/mol. The molecule has 0 spiro atoms. The molecule has 0 atom stereocenters. The van der Waals surface area contributed by atoms with Crippen LogP contribution in [0, 0.1) is 12.8 Å². The van der Waals surface area contributed by atoms with Gasteiger partial charge in [-0.05, 0) is 51.0 Å². The molecule has 2 rings (SSSR count). The number of aryl methyl sites for hydroxylation is 2. The predicted octanol–water partition coefficient (Wildman–Crippen LogP) is 3.80. The van der Waals surface area contributed by atoms with Gasteiger partial charge in [-0.3, -0.25) is 0 Å². The van der Waals surface area contributed by atoms with E-state index < -0.39 is 0 Å². The summed E-state index contributed by atoms with van der Waals surface area (Å²) in [5, 5.41) is 0. The Labute approximate surface area is 121 Å². The number of carbonyl (C=O) groups excluding carboxylic acids is 1. The number of nitrogens with zero attached hydrogens (tertiary/aromatic N) is 1. The van der Waals surface area contributed by atoms with Crippen LogP contribution in [-0.2, 0) is 11.2 Å². The fraction of sp³-hybridized carbons (Fsp3) is 0.588. The van der Waals surface area contributed by atoms with E-state index in [0.29, 0.717) is 6.61 Å². The van der Waals surface area contributed by atoms with E-state index in [9.17, 15) is 4.79 Å². The molecule has 1 amide bonds. The summed E-state index contributed by atoms with van der Waals surface area (Å²) in [5.74, 6) is 0.738. The van der Waals surface area contributed by atoms with Crippen molar-refractivity contribution in [3.05, 3.63) is 35.4 Å². The number of amides is 1. The van der Waals surface area contributed by atoms with Crippen LogP contribution >= 0.6 is 0 Å². The second-order valence-corrected chi connectivity index (χ2v) is 5.65. The predicted molar refractivity (Wildman–Crippen MR) is 80.8 cm³/mol. The van der Waals surface area contributed by atoms with Gasteiger partial charge < -0.3 is 9.64 Å². The normalized spacial score (nSPS) is 16.2. The zero-order chi connectivity index (χ0) is 14.4. The van der Waals surface area contributed by atoms with E-state index in [0.717, 1.165) is 38.3 Å². The van der Waals surface area contributed by atoms with E-state index in [1.165, 1.54) is 17.5 Å². The number of hydrogen-bond acceptors (Lipinski definition) is 2. The molecule has 0 aromatic heterocycles. The summed E-state index contributed by atoms with van der Waals surface area (Å²) in [4.78, 5) is 13.5. The molecule has 1 aliphatic rings. The van der Waals surface area contributed by atoms with Gasteiger partial charge in [-0.1, -0.05) is 29.8 Å². The molecule has 0 N–H and O–H groups in total. The topological polar surface area (TPSA) is 29.5 Å². The Bertz CT molecular complexity index is 419. The number of rotatable bonds is 4. The number of hydrogen-bond donors (Lipinski definition) is 0. The van der Waals surface area contributed by atoms with Crippen molar-refractivity contribution in [2.45, 2.75) is 39.5 Å². The van der Waals surface area contributed by atoms with E-state index in [1.54, 1.807) is 0 Å². The lowest BCUT2D eigenvalue weighted by Gasteiger charge is -2.31.